The molecule has 0 aliphatic heterocycles. The molecule has 15 heavy (non-hydrogen) atoms. The van der Waals surface area contributed by atoms with Gasteiger partial charge in [0, 0.05) is 10.5 Å². The van der Waals surface area contributed by atoms with Crippen molar-refractivity contribution in [2.75, 3.05) is 0 Å². The number of nitrogens with one attached hydrogen (secondary N) is 1. The van der Waals surface area contributed by atoms with E-state index in [1.807, 2.05) is 0 Å². The van der Waals surface area contributed by atoms with Gasteiger partial charge in [-0.05, 0) is 49.3 Å². The highest BCUT2D eigenvalue weighted by atomic mass is 79.9. The first-order valence-corrected chi connectivity index (χ1v) is 6.15. The van der Waals surface area contributed by atoms with Crippen LogP contribution in [0.1, 0.15) is 35.6 Å². The molecule has 3 heteroatoms. The summed E-state index contributed by atoms with van der Waals surface area (Å²) in [6.07, 6.45) is 2.59. The van der Waals surface area contributed by atoms with Crippen molar-refractivity contribution in [1.29, 1.82) is 0 Å². The van der Waals surface area contributed by atoms with E-state index in [1.54, 1.807) is 0 Å². The van der Waals surface area contributed by atoms with Crippen molar-refractivity contribution in [2.24, 2.45) is 11.8 Å². The van der Waals surface area contributed by atoms with Crippen LogP contribution in [0.5, 0.6) is 0 Å². The Bertz CT molecular complexity index is 349. The standard InChI is InChI=1S/C12H17BrN2/c1-7-5-10(6-8(2)11(7)13)12(15-14)9-3-4-9/h5-6,9,12,15H,3-4,14H2,1-2H3. The van der Waals surface area contributed by atoms with E-state index in [1.165, 1.54) is 34.0 Å². The van der Waals surface area contributed by atoms with Crippen LogP contribution in [0.2, 0.25) is 0 Å². The van der Waals surface area contributed by atoms with Crippen molar-refractivity contribution in [2.45, 2.75) is 32.7 Å². The van der Waals surface area contributed by atoms with Crippen molar-refractivity contribution in [3.63, 3.8) is 0 Å². The van der Waals surface area contributed by atoms with E-state index in [4.69, 9.17) is 5.84 Å². The average Bonchev–Trinajstić information content (AvgIpc) is 2.99. The zero-order chi connectivity index (χ0) is 11.0. The van der Waals surface area contributed by atoms with Crippen LogP contribution in [-0.4, -0.2) is 0 Å². The summed E-state index contributed by atoms with van der Waals surface area (Å²) < 4.78 is 1.21. The van der Waals surface area contributed by atoms with Crippen LogP contribution in [0.3, 0.4) is 0 Å². The molecule has 0 heterocycles. The molecule has 0 saturated heterocycles. The smallest absolute Gasteiger partial charge is 0.0488 e. The van der Waals surface area contributed by atoms with Crippen LogP contribution in [0.4, 0.5) is 0 Å². The molecule has 1 fully saturated rings. The highest BCUT2D eigenvalue weighted by molar-refractivity contribution is 9.10. The van der Waals surface area contributed by atoms with Gasteiger partial charge in [0.05, 0.1) is 0 Å². The van der Waals surface area contributed by atoms with Crippen molar-refractivity contribution >= 4 is 15.9 Å². The molecule has 0 aromatic heterocycles. The van der Waals surface area contributed by atoms with Gasteiger partial charge < -0.3 is 0 Å². The second-order valence-corrected chi connectivity index (χ2v) is 5.24. The lowest BCUT2D eigenvalue weighted by molar-refractivity contribution is 0.496. The molecular formula is C12H17BrN2. The Morgan fingerprint density at radius 1 is 1.33 bits per heavy atom. The van der Waals surface area contributed by atoms with Gasteiger partial charge in [-0.3, -0.25) is 11.3 Å². The second kappa shape index (κ2) is 4.24. The number of nitrogens with two attached hydrogens (primary N) is 1. The van der Waals surface area contributed by atoms with E-state index in [0.29, 0.717) is 6.04 Å². The molecule has 2 nitrogen and oxygen atoms in total. The number of aryl methyl sites for hydroxylation is 2. The summed E-state index contributed by atoms with van der Waals surface area (Å²) in [5.41, 5.74) is 6.82. The highest BCUT2D eigenvalue weighted by Crippen LogP contribution is 2.41. The van der Waals surface area contributed by atoms with Gasteiger partial charge in [0.25, 0.3) is 0 Å². The minimum Gasteiger partial charge on any atom is -0.271 e. The lowest BCUT2D eigenvalue weighted by atomic mass is 9.99. The molecule has 0 bridgehead atoms. The zero-order valence-corrected chi connectivity index (χ0v) is 10.8. The zero-order valence-electron chi connectivity index (χ0n) is 9.18. The van der Waals surface area contributed by atoms with Crippen LogP contribution in [-0.2, 0) is 0 Å². The number of hydrogen-bond donors (Lipinski definition) is 2. The number of rotatable bonds is 3. The summed E-state index contributed by atoms with van der Waals surface area (Å²) in [4.78, 5) is 0. The molecule has 1 aliphatic rings. The van der Waals surface area contributed by atoms with Crippen LogP contribution in [0.25, 0.3) is 0 Å². The van der Waals surface area contributed by atoms with Crippen molar-refractivity contribution in [3.8, 4) is 0 Å². The lowest BCUT2D eigenvalue weighted by Crippen LogP contribution is -2.29. The van der Waals surface area contributed by atoms with Crippen molar-refractivity contribution in [1.82, 2.24) is 5.43 Å². The molecule has 0 spiro atoms. The Balaban J connectivity index is 2.34. The average molecular weight is 269 g/mol. The largest absolute Gasteiger partial charge is 0.271 e. The normalized spacial score (nSPS) is 17.9. The molecule has 1 aromatic carbocycles. The first-order valence-electron chi connectivity index (χ1n) is 5.36. The summed E-state index contributed by atoms with van der Waals surface area (Å²) >= 11 is 3.59. The van der Waals surface area contributed by atoms with Crippen LogP contribution in [0.15, 0.2) is 16.6 Å². The Labute approximate surface area is 99.3 Å². The van der Waals surface area contributed by atoms with Crippen molar-refractivity contribution < 1.29 is 0 Å². The number of hydrazine groups is 1. The minimum absolute atomic E-state index is 0.329. The first-order chi connectivity index (χ1) is 7.13. The maximum absolute atomic E-state index is 5.62. The summed E-state index contributed by atoms with van der Waals surface area (Å²) in [6, 6.07) is 4.77. The van der Waals surface area contributed by atoms with Gasteiger partial charge in [-0.2, -0.15) is 0 Å². The third-order valence-electron chi connectivity index (χ3n) is 3.09. The Morgan fingerprint density at radius 3 is 2.27 bits per heavy atom. The third-order valence-corrected chi connectivity index (χ3v) is 4.34. The van der Waals surface area contributed by atoms with E-state index in [0.717, 1.165) is 5.92 Å². The molecule has 1 aromatic rings. The Kier molecular flexibility index (Phi) is 3.14. The van der Waals surface area contributed by atoms with E-state index in [-0.39, 0.29) is 0 Å². The first kappa shape index (κ1) is 11.1. The van der Waals surface area contributed by atoms with Gasteiger partial charge in [0.15, 0.2) is 0 Å². The molecule has 82 valence electrons. The van der Waals surface area contributed by atoms with Crippen LogP contribution < -0.4 is 11.3 Å². The predicted molar refractivity (Wildman–Crippen MR) is 66.4 cm³/mol. The van der Waals surface area contributed by atoms with Gasteiger partial charge in [-0.25, -0.2) is 0 Å². The predicted octanol–water partition coefficient (Wildman–Crippen LogP) is 2.98. The van der Waals surface area contributed by atoms with E-state index in [2.05, 4.69) is 47.3 Å². The van der Waals surface area contributed by atoms with Crippen LogP contribution in [0, 0.1) is 19.8 Å². The number of hydrogen-bond acceptors (Lipinski definition) is 2. The Morgan fingerprint density at radius 2 is 1.87 bits per heavy atom. The lowest BCUT2D eigenvalue weighted by Gasteiger charge is -2.17. The molecule has 0 radical (unpaired) electrons. The highest BCUT2D eigenvalue weighted by Gasteiger charge is 2.31. The number of halogens is 1. The monoisotopic (exact) mass is 268 g/mol. The summed E-state index contributed by atoms with van der Waals surface area (Å²) in [5.74, 6) is 6.35. The molecule has 1 unspecified atom stereocenters. The van der Waals surface area contributed by atoms with Gasteiger partial charge in [-0.15, -0.1) is 0 Å². The maximum atomic E-state index is 5.62. The van der Waals surface area contributed by atoms with E-state index < -0.39 is 0 Å². The molecular weight excluding hydrogens is 252 g/mol. The van der Waals surface area contributed by atoms with Gasteiger partial charge >= 0.3 is 0 Å². The summed E-state index contributed by atoms with van der Waals surface area (Å²) in [6.45, 7) is 4.25. The number of benzene rings is 1. The fraction of sp³-hybridized carbons (Fsp3) is 0.500. The third kappa shape index (κ3) is 2.25. The fourth-order valence-electron chi connectivity index (χ4n) is 2.09. The minimum atomic E-state index is 0.329. The van der Waals surface area contributed by atoms with Gasteiger partial charge in [-0.1, -0.05) is 28.1 Å². The summed E-state index contributed by atoms with van der Waals surface area (Å²) in [7, 11) is 0. The summed E-state index contributed by atoms with van der Waals surface area (Å²) in [5, 5.41) is 0. The maximum Gasteiger partial charge on any atom is 0.0488 e. The van der Waals surface area contributed by atoms with Gasteiger partial charge in [0.1, 0.15) is 0 Å². The SMILES string of the molecule is Cc1cc(C(NN)C2CC2)cc(C)c1Br. The topological polar surface area (TPSA) is 38.0 Å². The molecule has 1 aliphatic carbocycles. The molecule has 1 atom stereocenters. The Hall–Kier alpha value is -0.380. The van der Waals surface area contributed by atoms with Crippen molar-refractivity contribution in [3.05, 3.63) is 33.3 Å². The molecule has 1 saturated carbocycles. The second-order valence-electron chi connectivity index (χ2n) is 4.45. The van der Waals surface area contributed by atoms with E-state index in [9.17, 15) is 0 Å². The van der Waals surface area contributed by atoms with E-state index >= 15 is 0 Å². The molecule has 0 amide bonds. The fourth-order valence-corrected chi connectivity index (χ4v) is 2.32. The van der Waals surface area contributed by atoms with Gasteiger partial charge in [0.2, 0.25) is 0 Å². The molecule has 3 N–H and O–H groups in total. The molecule has 2 rings (SSSR count). The van der Waals surface area contributed by atoms with Crippen LogP contribution >= 0.6 is 15.9 Å². The quantitative estimate of drug-likeness (QED) is 0.654.